The number of carbonyl (C=O) groups excluding carboxylic acids is 1. The SMILES string of the molecule is Cc1ccc(F)c(Cn2c(C(=O)NS(=O)(=O)C3CC3)c(-c3ccc[nH]c3=O)c3c4ccccc4c(F)cc32)c1. The molecule has 1 aliphatic carbocycles. The van der Waals surface area contributed by atoms with Gasteiger partial charge >= 0.3 is 0 Å². The smallest absolute Gasteiger partial charge is 0.282 e. The first-order valence-corrected chi connectivity index (χ1v) is 13.9. The molecule has 0 spiro atoms. The van der Waals surface area contributed by atoms with Crippen molar-refractivity contribution in [1.82, 2.24) is 14.3 Å². The Kier molecular flexibility index (Phi) is 5.87. The van der Waals surface area contributed by atoms with Crippen molar-refractivity contribution in [1.29, 1.82) is 0 Å². The van der Waals surface area contributed by atoms with Crippen molar-refractivity contribution in [2.45, 2.75) is 31.6 Å². The van der Waals surface area contributed by atoms with Crippen molar-refractivity contribution >= 4 is 37.6 Å². The Morgan fingerprint density at radius 1 is 1.03 bits per heavy atom. The Morgan fingerprint density at radius 2 is 1.77 bits per heavy atom. The second-order valence-corrected chi connectivity index (χ2v) is 11.8. The minimum absolute atomic E-state index is 0.0942. The maximum Gasteiger partial charge on any atom is 0.282 e. The molecule has 1 fully saturated rings. The van der Waals surface area contributed by atoms with E-state index in [1.165, 1.54) is 29.0 Å². The number of aromatic amines is 1. The van der Waals surface area contributed by atoms with Crippen molar-refractivity contribution in [3.8, 4) is 11.1 Å². The molecule has 1 amide bonds. The molecule has 0 unspecified atom stereocenters. The summed E-state index contributed by atoms with van der Waals surface area (Å²) in [4.78, 5) is 29.5. The predicted octanol–water partition coefficient (Wildman–Crippen LogP) is 5.01. The predicted molar refractivity (Wildman–Crippen MR) is 145 cm³/mol. The van der Waals surface area contributed by atoms with E-state index >= 15 is 4.39 Å². The quantitative estimate of drug-likeness (QED) is 0.312. The summed E-state index contributed by atoms with van der Waals surface area (Å²) in [5, 5.41) is 0.379. The maximum atomic E-state index is 15.4. The standard InChI is InChI=1S/C29H23F2N3O4S/c1-16-8-11-22(30)17(13-16)15-34-24-14-23(31)19-5-2-3-6-20(19)25(24)26(21-7-4-12-32-28(21)35)27(34)29(36)33-39(37,38)18-9-10-18/h2-8,11-14,18H,9-10,15H2,1H3,(H,32,35)(H,33,36). The lowest BCUT2D eigenvalue weighted by atomic mass is 9.98. The van der Waals surface area contributed by atoms with Crippen LogP contribution in [0.3, 0.4) is 0 Å². The Hall–Kier alpha value is -4.31. The van der Waals surface area contributed by atoms with Gasteiger partial charge in [0.15, 0.2) is 0 Å². The van der Waals surface area contributed by atoms with Crippen molar-refractivity contribution < 1.29 is 22.0 Å². The van der Waals surface area contributed by atoms with Crippen molar-refractivity contribution in [3.63, 3.8) is 0 Å². The molecular weight excluding hydrogens is 524 g/mol. The molecule has 2 aromatic heterocycles. The van der Waals surface area contributed by atoms with E-state index in [1.54, 1.807) is 49.4 Å². The molecule has 0 bridgehead atoms. The lowest BCUT2D eigenvalue weighted by Gasteiger charge is -2.14. The highest BCUT2D eigenvalue weighted by Crippen LogP contribution is 2.40. The maximum absolute atomic E-state index is 15.4. The van der Waals surface area contributed by atoms with Gasteiger partial charge in [-0.2, -0.15) is 0 Å². The van der Waals surface area contributed by atoms with Crippen LogP contribution in [0.4, 0.5) is 8.78 Å². The van der Waals surface area contributed by atoms with Crippen LogP contribution in [-0.4, -0.2) is 29.1 Å². The average molecular weight is 548 g/mol. The molecule has 39 heavy (non-hydrogen) atoms. The number of nitrogens with one attached hydrogen (secondary N) is 2. The summed E-state index contributed by atoms with van der Waals surface area (Å²) in [6, 6.07) is 15.4. The zero-order valence-corrected chi connectivity index (χ0v) is 21.6. The third-order valence-electron chi connectivity index (χ3n) is 7.05. The normalized spacial score (nSPS) is 13.7. The van der Waals surface area contributed by atoms with E-state index in [4.69, 9.17) is 0 Å². The molecule has 0 aliphatic heterocycles. The summed E-state index contributed by atoms with van der Waals surface area (Å²) >= 11 is 0. The van der Waals surface area contributed by atoms with Crippen molar-refractivity contribution in [2.24, 2.45) is 0 Å². The number of amides is 1. The number of sulfonamides is 1. The highest BCUT2D eigenvalue weighted by Gasteiger charge is 2.38. The van der Waals surface area contributed by atoms with E-state index in [9.17, 15) is 22.4 Å². The summed E-state index contributed by atoms with van der Waals surface area (Å²) in [5.41, 5.74) is 0.735. The van der Waals surface area contributed by atoms with Crippen LogP contribution in [0.1, 0.15) is 34.5 Å². The topological polar surface area (TPSA) is 101 Å². The van der Waals surface area contributed by atoms with Gasteiger partial charge < -0.3 is 9.55 Å². The fourth-order valence-corrected chi connectivity index (χ4v) is 6.36. The first-order valence-electron chi connectivity index (χ1n) is 12.4. The Bertz CT molecular complexity index is 1970. The summed E-state index contributed by atoms with van der Waals surface area (Å²) < 4.78 is 59.6. The number of aromatic nitrogens is 2. The van der Waals surface area contributed by atoms with Gasteiger partial charge in [-0.05, 0) is 49.4 Å². The second-order valence-electron chi connectivity index (χ2n) is 9.79. The van der Waals surface area contributed by atoms with E-state index in [2.05, 4.69) is 9.71 Å². The summed E-state index contributed by atoms with van der Waals surface area (Å²) in [5.74, 6) is -2.10. The number of hydrogen-bond acceptors (Lipinski definition) is 4. The molecule has 0 radical (unpaired) electrons. The van der Waals surface area contributed by atoms with Crippen LogP contribution in [0.25, 0.3) is 32.8 Å². The summed E-state index contributed by atoms with van der Waals surface area (Å²) in [7, 11) is -3.98. The number of H-pyrrole nitrogens is 1. The molecule has 1 aliphatic rings. The number of rotatable bonds is 6. The molecule has 2 N–H and O–H groups in total. The van der Waals surface area contributed by atoms with E-state index in [0.717, 1.165) is 5.56 Å². The van der Waals surface area contributed by atoms with Gasteiger partial charge in [0.25, 0.3) is 11.5 Å². The molecule has 0 saturated heterocycles. The van der Waals surface area contributed by atoms with Crippen molar-refractivity contribution in [2.75, 3.05) is 0 Å². The van der Waals surface area contributed by atoms with Gasteiger partial charge in [-0.15, -0.1) is 0 Å². The van der Waals surface area contributed by atoms with Gasteiger partial charge in [0.1, 0.15) is 17.3 Å². The van der Waals surface area contributed by atoms with Gasteiger partial charge in [-0.3, -0.25) is 9.59 Å². The van der Waals surface area contributed by atoms with E-state index in [0.29, 0.717) is 23.6 Å². The van der Waals surface area contributed by atoms with Crippen LogP contribution in [0.15, 0.2) is 71.7 Å². The third kappa shape index (κ3) is 4.30. The average Bonchev–Trinajstić information content (AvgIpc) is 3.71. The van der Waals surface area contributed by atoms with Crippen molar-refractivity contribution in [3.05, 3.63) is 106 Å². The number of benzene rings is 3. The first kappa shape index (κ1) is 25.0. The highest BCUT2D eigenvalue weighted by atomic mass is 32.2. The Balaban J connectivity index is 1.75. The lowest BCUT2D eigenvalue weighted by molar-refractivity contribution is 0.0973. The van der Waals surface area contributed by atoms with E-state index in [1.807, 2.05) is 0 Å². The molecule has 7 nitrogen and oxygen atoms in total. The number of nitrogens with zero attached hydrogens (tertiary/aromatic N) is 1. The van der Waals surface area contributed by atoms with Gasteiger partial charge in [-0.25, -0.2) is 21.9 Å². The zero-order valence-electron chi connectivity index (χ0n) is 20.8. The van der Waals surface area contributed by atoms with Crippen LogP contribution < -0.4 is 10.3 Å². The van der Waals surface area contributed by atoms with Gasteiger partial charge in [0.2, 0.25) is 10.0 Å². The number of pyridine rings is 1. The fraction of sp³-hybridized carbons (Fsp3) is 0.172. The Labute approximate surface area is 222 Å². The number of halogens is 2. The van der Waals surface area contributed by atoms with Crippen LogP contribution in [0.2, 0.25) is 0 Å². The molecule has 1 saturated carbocycles. The summed E-state index contributed by atoms with van der Waals surface area (Å²) in [6.07, 6.45) is 2.30. The molecule has 5 aromatic rings. The Morgan fingerprint density at radius 3 is 2.49 bits per heavy atom. The second kappa shape index (κ2) is 9.16. The monoisotopic (exact) mass is 547 g/mol. The van der Waals surface area contributed by atoms with Crippen LogP contribution >= 0.6 is 0 Å². The van der Waals surface area contributed by atoms with Gasteiger partial charge in [-0.1, -0.05) is 42.0 Å². The van der Waals surface area contributed by atoms with Crippen LogP contribution in [0.5, 0.6) is 0 Å². The molecule has 3 aromatic carbocycles. The molecule has 10 heteroatoms. The molecule has 198 valence electrons. The molecule has 6 rings (SSSR count). The fourth-order valence-electron chi connectivity index (χ4n) is 5.08. The van der Waals surface area contributed by atoms with Crippen LogP contribution in [-0.2, 0) is 16.6 Å². The van der Waals surface area contributed by atoms with E-state index < -0.39 is 38.4 Å². The highest BCUT2D eigenvalue weighted by molar-refractivity contribution is 7.91. The molecule has 2 heterocycles. The largest absolute Gasteiger partial charge is 0.331 e. The molecular formula is C29H23F2N3O4S. The third-order valence-corrected chi connectivity index (χ3v) is 8.87. The minimum Gasteiger partial charge on any atom is -0.331 e. The van der Waals surface area contributed by atoms with E-state index in [-0.39, 0.29) is 39.8 Å². The number of aryl methyl sites for hydroxylation is 1. The van der Waals surface area contributed by atoms with Gasteiger partial charge in [0.05, 0.1) is 17.3 Å². The minimum atomic E-state index is -3.98. The number of hydrogen-bond donors (Lipinski definition) is 2. The van der Waals surface area contributed by atoms with Gasteiger partial charge in [0, 0.05) is 33.7 Å². The lowest BCUT2D eigenvalue weighted by Crippen LogP contribution is -2.35. The zero-order chi connectivity index (χ0) is 27.5. The number of carbonyl (C=O) groups is 1. The summed E-state index contributed by atoms with van der Waals surface area (Å²) in [6.45, 7) is 1.58. The molecule has 0 atom stereocenters. The number of fused-ring (bicyclic) bond motifs is 3. The first-order chi connectivity index (χ1) is 18.7. The van der Waals surface area contributed by atoms with Crippen LogP contribution in [0, 0.1) is 18.6 Å².